The molecule has 2 nitrogen and oxygen atoms in total. The Hall–Kier alpha value is -1.14. The molecule has 6 heteroatoms. The Kier molecular flexibility index (Phi) is 4.42. The van der Waals surface area contributed by atoms with E-state index in [-0.39, 0.29) is 12.4 Å². The van der Waals surface area contributed by atoms with Crippen LogP contribution in [0.5, 0.6) is 5.75 Å². The predicted molar refractivity (Wildman–Crippen MR) is 76.9 cm³/mol. The molecule has 0 aliphatic rings. The predicted octanol–water partition coefficient (Wildman–Crippen LogP) is 4.65. The smallest absolute Gasteiger partial charge is 0.200 e. The fourth-order valence-corrected chi connectivity index (χ4v) is 2.39. The maximum Gasteiger partial charge on any atom is 0.200 e. The Morgan fingerprint density at radius 3 is 2.53 bits per heavy atom. The van der Waals surface area contributed by atoms with E-state index in [1.807, 2.05) is 0 Å². The molecule has 0 amide bonds. The van der Waals surface area contributed by atoms with Crippen molar-refractivity contribution in [2.75, 3.05) is 5.73 Å². The third kappa shape index (κ3) is 3.45. The van der Waals surface area contributed by atoms with Crippen molar-refractivity contribution in [2.24, 2.45) is 0 Å². The number of anilines is 1. The molecule has 0 aliphatic carbocycles. The topological polar surface area (TPSA) is 35.2 Å². The lowest BCUT2D eigenvalue weighted by Crippen LogP contribution is -2.00. The van der Waals surface area contributed by atoms with Crippen LogP contribution in [-0.2, 0) is 6.61 Å². The van der Waals surface area contributed by atoms with Gasteiger partial charge in [-0.1, -0.05) is 37.9 Å². The molecule has 0 radical (unpaired) electrons. The van der Waals surface area contributed by atoms with Crippen LogP contribution in [0.3, 0.4) is 0 Å². The van der Waals surface area contributed by atoms with E-state index in [0.717, 1.165) is 16.1 Å². The van der Waals surface area contributed by atoms with Gasteiger partial charge in [-0.25, -0.2) is 4.39 Å². The van der Waals surface area contributed by atoms with Gasteiger partial charge in [-0.05, 0) is 24.3 Å². The molecule has 100 valence electrons. The molecule has 0 aromatic heterocycles. The summed E-state index contributed by atoms with van der Waals surface area (Å²) in [4.78, 5) is 0. The van der Waals surface area contributed by atoms with Gasteiger partial charge < -0.3 is 10.5 Å². The first-order valence-electron chi connectivity index (χ1n) is 5.28. The largest absolute Gasteiger partial charge is 0.486 e. The fourth-order valence-electron chi connectivity index (χ4n) is 1.47. The second kappa shape index (κ2) is 5.88. The summed E-state index contributed by atoms with van der Waals surface area (Å²) in [6.07, 6.45) is 0. The van der Waals surface area contributed by atoms with Gasteiger partial charge in [-0.3, -0.25) is 0 Å². The Morgan fingerprint density at radius 1 is 1.11 bits per heavy atom. The quantitative estimate of drug-likeness (QED) is 0.609. The Balaban J connectivity index is 2.19. The van der Waals surface area contributed by atoms with Gasteiger partial charge in [0.05, 0.1) is 0 Å². The molecular formula is C13H9Br2F2NO. The number of ether oxygens (including phenoxy) is 1. The van der Waals surface area contributed by atoms with Crippen LogP contribution >= 0.6 is 31.9 Å². The molecule has 0 heterocycles. The van der Waals surface area contributed by atoms with Crippen LogP contribution in [0, 0.1) is 11.6 Å². The minimum Gasteiger partial charge on any atom is -0.486 e. The summed E-state index contributed by atoms with van der Waals surface area (Å²) >= 11 is 6.42. The minimum absolute atomic E-state index is 0.105. The van der Waals surface area contributed by atoms with Crippen molar-refractivity contribution in [3.8, 4) is 5.75 Å². The van der Waals surface area contributed by atoms with Crippen LogP contribution in [0.1, 0.15) is 5.56 Å². The van der Waals surface area contributed by atoms with Crippen LogP contribution in [0.15, 0.2) is 39.3 Å². The number of halogens is 4. The van der Waals surface area contributed by atoms with E-state index < -0.39 is 11.6 Å². The third-order valence-corrected chi connectivity index (χ3v) is 3.62. The van der Waals surface area contributed by atoms with Crippen LogP contribution in [0.2, 0.25) is 0 Å². The van der Waals surface area contributed by atoms with E-state index in [1.165, 1.54) is 6.07 Å². The SMILES string of the molecule is Nc1ccc(COc2cc(Br)cc(F)c2F)c(Br)c1. The average Bonchev–Trinajstić information content (AvgIpc) is 2.33. The molecular weight excluding hydrogens is 384 g/mol. The zero-order valence-electron chi connectivity index (χ0n) is 9.59. The first-order valence-corrected chi connectivity index (χ1v) is 6.87. The van der Waals surface area contributed by atoms with Crippen molar-refractivity contribution >= 4 is 37.5 Å². The summed E-state index contributed by atoms with van der Waals surface area (Å²) in [5, 5.41) is 0. The van der Waals surface area contributed by atoms with E-state index in [1.54, 1.807) is 18.2 Å². The zero-order valence-corrected chi connectivity index (χ0v) is 12.8. The van der Waals surface area contributed by atoms with Crippen LogP contribution < -0.4 is 10.5 Å². The number of benzene rings is 2. The molecule has 2 rings (SSSR count). The lowest BCUT2D eigenvalue weighted by molar-refractivity contribution is 0.283. The van der Waals surface area contributed by atoms with Gasteiger partial charge in [-0.2, -0.15) is 4.39 Å². The highest BCUT2D eigenvalue weighted by Crippen LogP contribution is 2.27. The van der Waals surface area contributed by atoms with Gasteiger partial charge in [0.2, 0.25) is 5.82 Å². The van der Waals surface area contributed by atoms with Gasteiger partial charge in [0.25, 0.3) is 0 Å². The van der Waals surface area contributed by atoms with Gasteiger partial charge in [0.15, 0.2) is 11.6 Å². The lowest BCUT2D eigenvalue weighted by atomic mass is 10.2. The molecule has 2 aromatic rings. The molecule has 0 fully saturated rings. The molecule has 0 aliphatic heterocycles. The summed E-state index contributed by atoms with van der Waals surface area (Å²) in [5.41, 5.74) is 7.00. The standard InChI is InChI=1S/C13H9Br2F2NO/c14-8-3-11(16)13(17)12(4-8)19-6-7-1-2-9(18)5-10(7)15/h1-5H,6,18H2. The molecule has 19 heavy (non-hydrogen) atoms. The molecule has 0 unspecified atom stereocenters. The minimum atomic E-state index is -1.00. The second-order valence-corrected chi connectivity index (χ2v) is 5.61. The van der Waals surface area contributed by atoms with Crippen molar-refractivity contribution in [2.45, 2.75) is 6.61 Å². The van der Waals surface area contributed by atoms with E-state index in [9.17, 15) is 8.78 Å². The Morgan fingerprint density at radius 2 is 1.84 bits per heavy atom. The van der Waals surface area contributed by atoms with E-state index in [4.69, 9.17) is 10.5 Å². The van der Waals surface area contributed by atoms with Crippen molar-refractivity contribution in [3.05, 3.63) is 56.5 Å². The van der Waals surface area contributed by atoms with Crippen molar-refractivity contribution < 1.29 is 13.5 Å². The number of hydrogen-bond donors (Lipinski definition) is 1. The highest BCUT2D eigenvalue weighted by molar-refractivity contribution is 9.10. The highest BCUT2D eigenvalue weighted by atomic mass is 79.9. The summed E-state index contributed by atoms with van der Waals surface area (Å²) in [7, 11) is 0. The first-order chi connectivity index (χ1) is 8.97. The molecule has 2 N–H and O–H groups in total. The van der Waals surface area contributed by atoms with Crippen LogP contribution in [-0.4, -0.2) is 0 Å². The lowest BCUT2D eigenvalue weighted by Gasteiger charge is -2.10. The number of rotatable bonds is 3. The normalized spacial score (nSPS) is 10.5. The van der Waals surface area contributed by atoms with Gasteiger partial charge >= 0.3 is 0 Å². The van der Waals surface area contributed by atoms with Gasteiger partial charge in [-0.15, -0.1) is 0 Å². The molecule has 0 saturated heterocycles. The number of hydrogen-bond acceptors (Lipinski definition) is 2. The maximum absolute atomic E-state index is 13.5. The zero-order chi connectivity index (χ0) is 14.0. The average molecular weight is 393 g/mol. The Bertz CT molecular complexity index is 620. The number of nitrogen functional groups attached to an aromatic ring is 1. The summed E-state index contributed by atoms with van der Waals surface area (Å²) in [5.74, 6) is -2.11. The third-order valence-electron chi connectivity index (χ3n) is 2.42. The fraction of sp³-hybridized carbons (Fsp3) is 0.0769. The molecule has 0 saturated carbocycles. The van der Waals surface area contributed by atoms with Crippen molar-refractivity contribution in [1.29, 1.82) is 0 Å². The maximum atomic E-state index is 13.5. The first kappa shape index (κ1) is 14.3. The van der Waals surface area contributed by atoms with Crippen LogP contribution in [0.4, 0.5) is 14.5 Å². The molecule has 0 atom stereocenters. The van der Waals surface area contributed by atoms with E-state index in [2.05, 4.69) is 31.9 Å². The van der Waals surface area contributed by atoms with E-state index >= 15 is 0 Å². The summed E-state index contributed by atoms with van der Waals surface area (Å²) in [6.45, 7) is 0.105. The summed E-state index contributed by atoms with van der Waals surface area (Å²) < 4.78 is 33.1. The van der Waals surface area contributed by atoms with Crippen LogP contribution in [0.25, 0.3) is 0 Å². The monoisotopic (exact) mass is 391 g/mol. The molecule has 0 bridgehead atoms. The van der Waals surface area contributed by atoms with Crippen molar-refractivity contribution in [1.82, 2.24) is 0 Å². The van der Waals surface area contributed by atoms with Gasteiger partial charge in [0.1, 0.15) is 6.61 Å². The van der Waals surface area contributed by atoms with Gasteiger partial charge in [0, 0.05) is 20.2 Å². The molecule has 0 spiro atoms. The number of nitrogens with two attached hydrogens (primary N) is 1. The summed E-state index contributed by atoms with van der Waals surface area (Å²) in [6, 6.07) is 7.61. The second-order valence-electron chi connectivity index (χ2n) is 3.84. The highest BCUT2D eigenvalue weighted by Gasteiger charge is 2.12. The van der Waals surface area contributed by atoms with Crippen molar-refractivity contribution in [3.63, 3.8) is 0 Å². The van der Waals surface area contributed by atoms with E-state index in [0.29, 0.717) is 10.2 Å². The molecule has 2 aromatic carbocycles. The Labute approximate surface area is 125 Å².